The van der Waals surface area contributed by atoms with Gasteiger partial charge in [-0.1, -0.05) is 12.1 Å². The van der Waals surface area contributed by atoms with Gasteiger partial charge in [0.25, 0.3) is 0 Å². The molecule has 0 bridgehead atoms. The molecule has 0 aliphatic heterocycles. The third kappa shape index (κ3) is 6.44. The minimum atomic E-state index is -4.96. The van der Waals surface area contributed by atoms with Crippen molar-refractivity contribution < 1.29 is 41.0 Å². The summed E-state index contributed by atoms with van der Waals surface area (Å²) in [6.07, 6.45) is -6.51. The fourth-order valence-electron chi connectivity index (χ4n) is 2.28. The maximum absolute atomic E-state index is 13.5. The van der Waals surface area contributed by atoms with Crippen molar-refractivity contribution in [2.75, 3.05) is 13.2 Å². The summed E-state index contributed by atoms with van der Waals surface area (Å²) in [5.41, 5.74) is -1.46. The van der Waals surface area contributed by atoms with E-state index < -0.39 is 41.2 Å². The van der Waals surface area contributed by atoms with Crippen LogP contribution in [0.25, 0.3) is 0 Å². The molecule has 0 aromatic heterocycles. The zero-order valence-corrected chi connectivity index (χ0v) is 15.1. The monoisotopic (exact) mass is 417 g/mol. The van der Waals surface area contributed by atoms with Gasteiger partial charge in [0, 0.05) is 12.5 Å². The number of benzene rings is 2. The van der Waals surface area contributed by atoms with Crippen molar-refractivity contribution in [3.05, 3.63) is 65.2 Å². The number of nitrogens with one attached hydrogen (secondary N) is 1. The second-order valence-electron chi connectivity index (χ2n) is 5.84. The highest BCUT2D eigenvalue weighted by atomic mass is 19.4. The van der Waals surface area contributed by atoms with Gasteiger partial charge in [-0.25, -0.2) is 13.6 Å². The molecule has 10 heteroatoms. The Balaban J connectivity index is 2.25. The Morgan fingerprint density at radius 1 is 1.07 bits per heavy atom. The van der Waals surface area contributed by atoms with E-state index in [0.717, 1.165) is 18.2 Å². The molecule has 0 spiro atoms. The highest BCUT2D eigenvalue weighted by molar-refractivity contribution is 5.77. The van der Waals surface area contributed by atoms with Crippen LogP contribution in [0.4, 0.5) is 22.0 Å². The normalized spacial score (nSPS) is 12.2. The first kappa shape index (κ1) is 22.1. The van der Waals surface area contributed by atoms with E-state index in [-0.39, 0.29) is 24.6 Å². The van der Waals surface area contributed by atoms with E-state index in [9.17, 15) is 31.5 Å². The lowest BCUT2D eigenvalue weighted by molar-refractivity contribution is -0.152. The Bertz CT molecular complexity index is 868. The van der Waals surface area contributed by atoms with Gasteiger partial charge in [-0.3, -0.25) is 4.79 Å². The molecule has 29 heavy (non-hydrogen) atoms. The molecule has 1 unspecified atom stereocenters. The molecule has 0 saturated carbocycles. The van der Waals surface area contributed by atoms with Crippen LogP contribution in [0.5, 0.6) is 5.75 Å². The van der Waals surface area contributed by atoms with E-state index in [1.807, 2.05) is 0 Å². The molecular weight excluding hydrogens is 401 g/mol. The molecule has 2 rings (SSSR count). The molecule has 1 amide bonds. The second-order valence-corrected chi connectivity index (χ2v) is 5.84. The average molecular weight is 417 g/mol. The van der Waals surface area contributed by atoms with Crippen LogP contribution >= 0.6 is 0 Å². The lowest BCUT2D eigenvalue weighted by Gasteiger charge is -2.19. The standard InChI is InChI=1S/C19H16F5NO4/c1-11(26)25-8-9-28-18(27)17(12-2-4-13(20)5-3-12)29-14-6-7-16(21)15(10-14)19(22,23)24/h2-7,10,17H,8-9H2,1H3,(H,25,26). The number of carbonyl (C=O) groups excluding carboxylic acids is 2. The summed E-state index contributed by atoms with van der Waals surface area (Å²) in [5, 5.41) is 2.39. The smallest absolute Gasteiger partial charge is 0.419 e. The largest absolute Gasteiger partial charge is 0.474 e. The molecule has 0 heterocycles. The highest BCUT2D eigenvalue weighted by Crippen LogP contribution is 2.35. The Hall–Kier alpha value is -3.17. The zero-order chi connectivity index (χ0) is 21.6. The molecule has 0 radical (unpaired) electrons. The number of hydrogen-bond acceptors (Lipinski definition) is 4. The maximum atomic E-state index is 13.5. The lowest BCUT2D eigenvalue weighted by Crippen LogP contribution is -2.28. The Morgan fingerprint density at radius 2 is 1.72 bits per heavy atom. The molecule has 1 N–H and O–H groups in total. The predicted molar refractivity (Wildman–Crippen MR) is 90.8 cm³/mol. The summed E-state index contributed by atoms with van der Waals surface area (Å²) >= 11 is 0. The number of amides is 1. The van der Waals surface area contributed by atoms with Gasteiger partial charge < -0.3 is 14.8 Å². The van der Waals surface area contributed by atoms with E-state index in [4.69, 9.17) is 9.47 Å². The molecule has 1 atom stereocenters. The lowest BCUT2D eigenvalue weighted by atomic mass is 10.1. The number of halogens is 5. The van der Waals surface area contributed by atoms with E-state index in [1.165, 1.54) is 19.1 Å². The maximum Gasteiger partial charge on any atom is 0.419 e. The van der Waals surface area contributed by atoms with E-state index >= 15 is 0 Å². The second kappa shape index (κ2) is 9.35. The number of esters is 1. The van der Waals surface area contributed by atoms with Crippen molar-refractivity contribution in [1.29, 1.82) is 0 Å². The van der Waals surface area contributed by atoms with Crippen LogP contribution in [-0.4, -0.2) is 25.0 Å². The van der Waals surface area contributed by atoms with E-state index in [2.05, 4.69) is 5.32 Å². The molecular formula is C19H16F5NO4. The summed E-state index contributed by atoms with van der Waals surface area (Å²) < 4.78 is 75.6. The first-order valence-corrected chi connectivity index (χ1v) is 8.28. The van der Waals surface area contributed by atoms with E-state index in [1.54, 1.807) is 0 Å². The van der Waals surface area contributed by atoms with Crippen molar-refractivity contribution in [1.82, 2.24) is 5.32 Å². The highest BCUT2D eigenvalue weighted by Gasteiger charge is 2.35. The molecule has 2 aromatic carbocycles. The Morgan fingerprint density at radius 3 is 2.31 bits per heavy atom. The molecule has 5 nitrogen and oxygen atoms in total. The van der Waals surface area contributed by atoms with Crippen molar-refractivity contribution in [2.45, 2.75) is 19.2 Å². The SMILES string of the molecule is CC(=O)NCCOC(=O)C(Oc1ccc(F)c(C(F)(F)F)c1)c1ccc(F)cc1. The van der Waals surface area contributed by atoms with Gasteiger partial charge in [-0.2, -0.15) is 13.2 Å². The molecule has 0 saturated heterocycles. The number of rotatable bonds is 7. The van der Waals surface area contributed by atoms with Crippen LogP contribution in [0.15, 0.2) is 42.5 Å². The topological polar surface area (TPSA) is 64.6 Å². The van der Waals surface area contributed by atoms with Crippen molar-refractivity contribution in [3.63, 3.8) is 0 Å². The Labute approximate surface area is 162 Å². The number of hydrogen-bond donors (Lipinski definition) is 1. The fraction of sp³-hybridized carbons (Fsp3) is 0.263. The average Bonchev–Trinajstić information content (AvgIpc) is 2.64. The van der Waals surface area contributed by atoms with Crippen molar-refractivity contribution >= 4 is 11.9 Å². The first-order chi connectivity index (χ1) is 13.6. The molecule has 2 aromatic rings. The summed E-state index contributed by atoms with van der Waals surface area (Å²) in [4.78, 5) is 23.2. The van der Waals surface area contributed by atoms with Gasteiger partial charge in [0.05, 0.1) is 12.1 Å². The number of carbonyl (C=O) groups is 2. The minimum absolute atomic E-state index is 0.00593. The van der Waals surface area contributed by atoms with Crippen molar-refractivity contribution in [3.8, 4) is 5.75 Å². The molecule has 156 valence electrons. The molecule has 0 aliphatic carbocycles. The molecule has 0 fully saturated rings. The third-order valence-corrected chi connectivity index (χ3v) is 3.60. The van der Waals surface area contributed by atoms with Crippen LogP contribution in [0, 0.1) is 11.6 Å². The summed E-state index contributed by atoms with van der Waals surface area (Å²) in [6, 6.07) is 6.35. The van der Waals surface area contributed by atoms with Crippen LogP contribution in [0.3, 0.4) is 0 Å². The Kier molecular flexibility index (Phi) is 7.13. The first-order valence-electron chi connectivity index (χ1n) is 8.28. The van der Waals surface area contributed by atoms with E-state index in [0.29, 0.717) is 12.1 Å². The fourth-order valence-corrected chi connectivity index (χ4v) is 2.28. The van der Waals surface area contributed by atoms with Gasteiger partial charge in [0.2, 0.25) is 12.0 Å². The van der Waals surface area contributed by atoms with Crippen LogP contribution in [0.2, 0.25) is 0 Å². The minimum Gasteiger partial charge on any atom is -0.474 e. The van der Waals surface area contributed by atoms with Crippen LogP contribution in [0.1, 0.15) is 24.2 Å². The van der Waals surface area contributed by atoms with Crippen LogP contribution < -0.4 is 10.1 Å². The number of alkyl halides is 3. The number of ether oxygens (including phenoxy) is 2. The predicted octanol–water partition coefficient (Wildman–Crippen LogP) is 3.78. The van der Waals surface area contributed by atoms with Gasteiger partial charge in [0.1, 0.15) is 24.0 Å². The molecule has 0 aliphatic rings. The zero-order valence-electron chi connectivity index (χ0n) is 15.1. The quantitative estimate of drug-likeness (QED) is 0.423. The van der Waals surface area contributed by atoms with Crippen LogP contribution in [-0.2, 0) is 20.5 Å². The van der Waals surface area contributed by atoms with Gasteiger partial charge in [-0.15, -0.1) is 0 Å². The van der Waals surface area contributed by atoms with Gasteiger partial charge >= 0.3 is 12.1 Å². The third-order valence-electron chi connectivity index (χ3n) is 3.60. The summed E-state index contributed by atoms with van der Waals surface area (Å²) in [6.45, 7) is 1.04. The van der Waals surface area contributed by atoms with Crippen molar-refractivity contribution in [2.24, 2.45) is 0 Å². The summed E-state index contributed by atoms with van der Waals surface area (Å²) in [7, 11) is 0. The van der Waals surface area contributed by atoms with Gasteiger partial charge in [0.15, 0.2) is 0 Å². The van der Waals surface area contributed by atoms with Gasteiger partial charge in [-0.05, 0) is 30.3 Å². The summed E-state index contributed by atoms with van der Waals surface area (Å²) in [5.74, 6) is -3.88.